The van der Waals surface area contributed by atoms with Crippen molar-refractivity contribution in [3.63, 3.8) is 0 Å². The lowest BCUT2D eigenvalue weighted by Gasteiger charge is -2.22. The van der Waals surface area contributed by atoms with Gasteiger partial charge in [-0.05, 0) is 6.42 Å². The van der Waals surface area contributed by atoms with Crippen molar-refractivity contribution in [2.45, 2.75) is 18.7 Å². The van der Waals surface area contributed by atoms with Crippen molar-refractivity contribution in [3.8, 4) is 0 Å². The summed E-state index contributed by atoms with van der Waals surface area (Å²) in [6.45, 7) is -0.355. The fourth-order valence-corrected chi connectivity index (χ4v) is 1.70. The van der Waals surface area contributed by atoms with Crippen LogP contribution in [-0.4, -0.2) is 51.9 Å². The first-order chi connectivity index (χ1) is 7.31. The zero-order valence-electron chi connectivity index (χ0n) is 8.21. The van der Waals surface area contributed by atoms with E-state index < -0.39 is 41.8 Å². The quantitative estimate of drug-likeness (QED) is 0.260. The summed E-state index contributed by atoms with van der Waals surface area (Å²) >= 11 is 0. The SMILES string of the molecule is NC(O)C(=O)[C@]1(C(=O)O)CN[C@H](C(=O)O)C1. The summed E-state index contributed by atoms with van der Waals surface area (Å²) in [6.07, 6.45) is -2.35. The summed E-state index contributed by atoms with van der Waals surface area (Å²) < 4.78 is 0. The molecule has 8 heteroatoms. The van der Waals surface area contributed by atoms with E-state index in [0.29, 0.717) is 0 Å². The van der Waals surface area contributed by atoms with E-state index >= 15 is 0 Å². The van der Waals surface area contributed by atoms with E-state index in [2.05, 4.69) is 5.32 Å². The van der Waals surface area contributed by atoms with Crippen molar-refractivity contribution in [1.29, 1.82) is 0 Å². The van der Waals surface area contributed by atoms with Crippen molar-refractivity contribution in [2.24, 2.45) is 11.1 Å². The molecule has 1 fully saturated rings. The van der Waals surface area contributed by atoms with E-state index in [1.807, 2.05) is 0 Å². The maximum atomic E-state index is 11.5. The molecule has 1 saturated heterocycles. The minimum atomic E-state index is -1.96. The molecule has 1 aliphatic heterocycles. The maximum Gasteiger partial charge on any atom is 0.320 e. The second-order valence-corrected chi connectivity index (χ2v) is 3.67. The van der Waals surface area contributed by atoms with Gasteiger partial charge in [0.15, 0.2) is 12.0 Å². The van der Waals surface area contributed by atoms with E-state index in [1.165, 1.54) is 0 Å². The molecule has 0 saturated carbocycles. The number of nitrogens with one attached hydrogen (secondary N) is 1. The smallest absolute Gasteiger partial charge is 0.320 e. The first kappa shape index (κ1) is 12.6. The number of carboxylic acids is 2. The van der Waals surface area contributed by atoms with Gasteiger partial charge in [0.05, 0.1) is 0 Å². The van der Waals surface area contributed by atoms with Gasteiger partial charge in [0, 0.05) is 6.54 Å². The van der Waals surface area contributed by atoms with Gasteiger partial charge in [0.2, 0.25) is 0 Å². The molecule has 1 heterocycles. The molecule has 3 atom stereocenters. The van der Waals surface area contributed by atoms with E-state index in [4.69, 9.17) is 21.1 Å². The molecule has 90 valence electrons. The van der Waals surface area contributed by atoms with Gasteiger partial charge in [0.1, 0.15) is 11.5 Å². The van der Waals surface area contributed by atoms with Crippen LogP contribution >= 0.6 is 0 Å². The minimum absolute atomic E-state index is 0.355. The summed E-state index contributed by atoms with van der Waals surface area (Å²) in [4.78, 5) is 33.1. The van der Waals surface area contributed by atoms with Crippen LogP contribution in [0.5, 0.6) is 0 Å². The monoisotopic (exact) mass is 232 g/mol. The largest absolute Gasteiger partial charge is 0.480 e. The molecule has 16 heavy (non-hydrogen) atoms. The van der Waals surface area contributed by atoms with Gasteiger partial charge in [0.25, 0.3) is 0 Å². The Labute approximate surface area is 90.0 Å². The Kier molecular flexibility index (Phi) is 3.27. The predicted octanol–water partition coefficient (Wildman–Crippen LogP) is -2.65. The van der Waals surface area contributed by atoms with Crippen LogP contribution in [0, 0.1) is 5.41 Å². The number of aliphatic carboxylic acids is 2. The third kappa shape index (κ3) is 1.90. The predicted molar refractivity (Wildman–Crippen MR) is 49.3 cm³/mol. The molecular weight excluding hydrogens is 220 g/mol. The van der Waals surface area contributed by atoms with Crippen LogP contribution < -0.4 is 11.1 Å². The lowest BCUT2D eigenvalue weighted by atomic mass is 9.80. The van der Waals surface area contributed by atoms with Gasteiger partial charge in [-0.25, -0.2) is 0 Å². The summed E-state index contributed by atoms with van der Waals surface area (Å²) in [7, 11) is 0. The van der Waals surface area contributed by atoms with Crippen molar-refractivity contribution in [1.82, 2.24) is 5.32 Å². The molecule has 6 N–H and O–H groups in total. The summed E-state index contributed by atoms with van der Waals surface area (Å²) in [5, 5.41) is 29.0. The highest BCUT2D eigenvalue weighted by molar-refractivity contribution is 6.06. The average molecular weight is 232 g/mol. The first-order valence-electron chi connectivity index (χ1n) is 4.49. The Morgan fingerprint density at radius 1 is 1.38 bits per heavy atom. The maximum absolute atomic E-state index is 11.5. The number of aliphatic hydroxyl groups excluding tert-OH is 1. The molecule has 0 amide bonds. The second kappa shape index (κ2) is 4.16. The molecule has 0 aromatic heterocycles. The van der Waals surface area contributed by atoms with Crippen LogP contribution in [0.25, 0.3) is 0 Å². The highest BCUT2D eigenvalue weighted by atomic mass is 16.4. The molecule has 1 aliphatic rings. The Morgan fingerprint density at radius 2 is 1.94 bits per heavy atom. The molecule has 0 bridgehead atoms. The van der Waals surface area contributed by atoms with E-state index in [0.717, 1.165) is 0 Å². The number of aliphatic hydroxyl groups is 1. The molecule has 1 rings (SSSR count). The van der Waals surface area contributed by atoms with Crippen LogP contribution in [0.4, 0.5) is 0 Å². The number of hydrogen-bond acceptors (Lipinski definition) is 6. The zero-order valence-corrected chi connectivity index (χ0v) is 8.21. The van der Waals surface area contributed by atoms with Gasteiger partial charge in [-0.3, -0.25) is 20.1 Å². The Bertz CT molecular complexity index is 341. The van der Waals surface area contributed by atoms with Crippen LogP contribution in [0.15, 0.2) is 0 Å². The molecule has 0 spiro atoms. The number of hydrogen-bond donors (Lipinski definition) is 5. The number of nitrogens with two attached hydrogens (primary N) is 1. The Morgan fingerprint density at radius 3 is 2.25 bits per heavy atom. The lowest BCUT2D eigenvalue weighted by Crippen LogP contribution is -2.49. The fraction of sp³-hybridized carbons (Fsp3) is 0.625. The van der Waals surface area contributed by atoms with E-state index in [1.54, 1.807) is 0 Å². The number of rotatable bonds is 4. The van der Waals surface area contributed by atoms with Gasteiger partial charge in [-0.2, -0.15) is 0 Å². The lowest BCUT2D eigenvalue weighted by molar-refractivity contribution is -0.157. The topological polar surface area (TPSA) is 150 Å². The third-order valence-electron chi connectivity index (χ3n) is 2.65. The van der Waals surface area contributed by atoms with Crippen LogP contribution in [0.2, 0.25) is 0 Å². The van der Waals surface area contributed by atoms with Crippen molar-refractivity contribution >= 4 is 17.7 Å². The van der Waals surface area contributed by atoms with Gasteiger partial charge in [-0.1, -0.05) is 0 Å². The Hall–Kier alpha value is -1.51. The molecule has 0 aliphatic carbocycles. The normalized spacial score (nSPS) is 31.0. The van der Waals surface area contributed by atoms with E-state index in [9.17, 15) is 14.4 Å². The first-order valence-corrected chi connectivity index (χ1v) is 4.49. The van der Waals surface area contributed by atoms with Gasteiger partial charge in [-0.15, -0.1) is 0 Å². The second-order valence-electron chi connectivity index (χ2n) is 3.67. The minimum Gasteiger partial charge on any atom is -0.480 e. The molecule has 1 unspecified atom stereocenters. The van der Waals surface area contributed by atoms with Crippen molar-refractivity contribution in [3.05, 3.63) is 0 Å². The third-order valence-corrected chi connectivity index (χ3v) is 2.65. The number of ketones is 1. The zero-order chi connectivity index (χ0) is 12.5. The number of Topliss-reactive ketones (excluding diaryl/α,β-unsaturated/α-hetero) is 1. The fourth-order valence-electron chi connectivity index (χ4n) is 1.70. The average Bonchev–Trinajstić information content (AvgIpc) is 2.62. The number of carbonyl (C=O) groups is 3. The Balaban J connectivity index is 2.98. The van der Waals surface area contributed by atoms with E-state index in [-0.39, 0.29) is 6.54 Å². The van der Waals surface area contributed by atoms with Crippen LogP contribution in [0.1, 0.15) is 6.42 Å². The molecule has 8 nitrogen and oxygen atoms in total. The van der Waals surface area contributed by atoms with Gasteiger partial charge < -0.3 is 20.6 Å². The number of carbonyl (C=O) groups excluding carboxylic acids is 1. The number of carboxylic acid groups (broad SMARTS) is 2. The molecule has 0 radical (unpaired) electrons. The van der Waals surface area contributed by atoms with Crippen molar-refractivity contribution < 1.29 is 29.7 Å². The molecular formula is C8H12N2O6. The van der Waals surface area contributed by atoms with Gasteiger partial charge >= 0.3 is 11.9 Å². The molecule has 0 aromatic carbocycles. The van der Waals surface area contributed by atoms with Crippen LogP contribution in [-0.2, 0) is 14.4 Å². The molecule has 0 aromatic rings. The standard InChI is InChI=1S/C8H12N2O6/c9-5(12)4(11)8(7(15)16)1-3(6(13)14)10-2-8/h3,5,10,12H,1-2,9H2,(H,13,14)(H,15,16)/t3-,5?,8+/m0/s1. The van der Waals surface area contributed by atoms with Crippen molar-refractivity contribution in [2.75, 3.05) is 6.54 Å². The summed E-state index contributed by atoms with van der Waals surface area (Å²) in [5.74, 6) is -3.82. The highest BCUT2D eigenvalue weighted by Gasteiger charge is 2.54. The van der Waals surface area contributed by atoms with Crippen LogP contribution in [0.3, 0.4) is 0 Å². The summed E-state index contributed by atoms with van der Waals surface area (Å²) in [5.41, 5.74) is 2.97. The summed E-state index contributed by atoms with van der Waals surface area (Å²) in [6, 6.07) is -1.13. The highest BCUT2D eigenvalue weighted by Crippen LogP contribution is 2.31.